The summed E-state index contributed by atoms with van der Waals surface area (Å²) in [6, 6.07) is 7.80. The van der Waals surface area contributed by atoms with Gasteiger partial charge in [0.15, 0.2) is 18.1 Å². The van der Waals surface area contributed by atoms with Gasteiger partial charge < -0.3 is 19.5 Å². The summed E-state index contributed by atoms with van der Waals surface area (Å²) in [6.45, 7) is -0.502. The van der Waals surface area contributed by atoms with E-state index in [-0.39, 0.29) is 23.9 Å². The van der Waals surface area contributed by atoms with Crippen LogP contribution in [0.5, 0.6) is 11.5 Å². The Bertz CT molecular complexity index is 933. The van der Waals surface area contributed by atoms with Crippen molar-refractivity contribution in [1.82, 2.24) is 0 Å². The predicted molar refractivity (Wildman–Crippen MR) is 96.9 cm³/mol. The fourth-order valence-corrected chi connectivity index (χ4v) is 2.71. The van der Waals surface area contributed by atoms with Gasteiger partial charge in [-0.1, -0.05) is 17.7 Å². The predicted octanol–water partition coefficient (Wildman–Crippen LogP) is 4.20. The zero-order valence-electron chi connectivity index (χ0n) is 14.8. The molecule has 0 spiro atoms. The van der Waals surface area contributed by atoms with Gasteiger partial charge in [0.2, 0.25) is 6.79 Å². The lowest BCUT2D eigenvalue weighted by molar-refractivity contribution is -0.147. The van der Waals surface area contributed by atoms with E-state index in [0.29, 0.717) is 24.0 Å². The second kappa shape index (κ2) is 8.60. The first-order chi connectivity index (χ1) is 13.7. The summed E-state index contributed by atoms with van der Waals surface area (Å²) in [5.41, 5.74) is -0.354. The van der Waals surface area contributed by atoms with Crippen LogP contribution in [0.25, 0.3) is 0 Å². The van der Waals surface area contributed by atoms with Gasteiger partial charge in [-0.05, 0) is 42.3 Å². The Labute approximate surface area is 168 Å². The fourth-order valence-electron chi connectivity index (χ4n) is 2.54. The van der Waals surface area contributed by atoms with Crippen molar-refractivity contribution in [2.75, 3.05) is 18.7 Å². The summed E-state index contributed by atoms with van der Waals surface area (Å²) in [7, 11) is 0. The van der Waals surface area contributed by atoms with E-state index in [1.807, 2.05) is 0 Å². The highest BCUT2D eigenvalue weighted by atomic mass is 35.5. The molecule has 0 unspecified atom stereocenters. The van der Waals surface area contributed by atoms with Crippen LogP contribution in [0.1, 0.15) is 17.5 Å². The van der Waals surface area contributed by atoms with Gasteiger partial charge in [-0.2, -0.15) is 13.2 Å². The maximum atomic E-state index is 12.7. The zero-order valence-corrected chi connectivity index (χ0v) is 15.6. The summed E-state index contributed by atoms with van der Waals surface area (Å²) < 4.78 is 53.5. The Morgan fingerprint density at radius 2 is 1.86 bits per heavy atom. The molecule has 0 atom stereocenters. The lowest BCUT2D eigenvalue weighted by Gasteiger charge is -2.12. The van der Waals surface area contributed by atoms with Crippen molar-refractivity contribution in [3.63, 3.8) is 0 Å². The number of carbonyl (C=O) groups is 2. The van der Waals surface area contributed by atoms with E-state index in [4.69, 9.17) is 25.8 Å². The molecule has 2 aromatic carbocycles. The first-order valence-electron chi connectivity index (χ1n) is 8.43. The van der Waals surface area contributed by atoms with Crippen LogP contribution < -0.4 is 14.8 Å². The van der Waals surface area contributed by atoms with Gasteiger partial charge in [0.25, 0.3) is 5.91 Å². The maximum absolute atomic E-state index is 12.7. The lowest BCUT2D eigenvalue weighted by atomic mass is 10.1. The topological polar surface area (TPSA) is 73.9 Å². The average molecular weight is 430 g/mol. The van der Waals surface area contributed by atoms with Crippen molar-refractivity contribution < 1.29 is 37.0 Å². The molecule has 1 aliphatic rings. The van der Waals surface area contributed by atoms with E-state index in [2.05, 4.69) is 5.32 Å². The number of amides is 1. The molecular formula is C19H15ClF3NO5. The van der Waals surface area contributed by atoms with Crippen molar-refractivity contribution in [3.8, 4) is 11.5 Å². The molecule has 1 N–H and O–H groups in total. The number of fused-ring (bicyclic) bond motifs is 1. The molecule has 0 fully saturated rings. The smallest absolute Gasteiger partial charge is 0.416 e. The summed E-state index contributed by atoms with van der Waals surface area (Å²) in [4.78, 5) is 23.7. The van der Waals surface area contributed by atoms with Gasteiger partial charge in [-0.15, -0.1) is 0 Å². The Kier molecular flexibility index (Phi) is 6.17. The van der Waals surface area contributed by atoms with Crippen molar-refractivity contribution in [2.45, 2.75) is 19.0 Å². The number of halogens is 4. The Balaban J connectivity index is 1.47. The highest BCUT2D eigenvalue weighted by molar-refractivity contribution is 6.33. The molecule has 6 nitrogen and oxygen atoms in total. The highest BCUT2D eigenvalue weighted by Crippen LogP contribution is 2.34. The number of esters is 1. The highest BCUT2D eigenvalue weighted by Gasteiger charge is 2.31. The second-order valence-corrected chi connectivity index (χ2v) is 6.50. The van der Waals surface area contributed by atoms with Gasteiger partial charge in [0, 0.05) is 6.42 Å². The summed E-state index contributed by atoms with van der Waals surface area (Å²) >= 11 is 5.80. The molecule has 0 bridgehead atoms. The van der Waals surface area contributed by atoms with Crippen LogP contribution in [0.3, 0.4) is 0 Å². The minimum Gasteiger partial charge on any atom is -0.456 e. The Morgan fingerprint density at radius 1 is 1.10 bits per heavy atom. The summed E-state index contributed by atoms with van der Waals surface area (Å²) in [5.74, 6) is -0.218. The molecule has 1 aliphatic heterocycles. The fraction of sp³-hybridized carbons (Fsp3) is 0.263. The minimum absolute atomic E-state index is 0.0111. The third-order valence-corrected chi connectivity index (χ3v) is 4.32. The van der Waals surface area contributed by atoms with Crippen LogP contribution in [0.4, 0.5) is 18.9 Å². The van der Waals surface area contributed by atoms with E-state index in [1.165, 1.54) is 0 Å². The molecule has 0 saturated carbocycles. The van der Waals surface area contributed by atoms with Crippen molar-refractivity contribution in [3.05, 3.63) is 52.5 Å². The number of anilines is 1. The first-order valence-corrected chi connectivity index (χ1v) is 8.81. The van der Waals surface area contributed by atoms with Crippen LogP contribution in [0.15, 0.2) is 36.4 Å². The Hall–Kier alpha value is -2.94. The Morgan fingerprint density at radius 3 is 2.62 bits per heavy atom. The molecule has 10 heteroatoms. The third-order valence-electron chi connectivity index (χ3n) is 3.99. The molecule has 0 aliphatic carbocycles. The number of nitrogens with one attached hydrogen (secondary N) is 1. The molecular weight excluding hydrogens is 415 g/mol. The average Bonchev–Trinajstić information content (AvgIpc) is 3.13. The molecule has 29 heavy (non-hydrogen) atoms. The van der Waals surface area contributed by atoms with Gasteiger partial charge >= 0.3 is 12.1 Å². The van der Waals surface area contributed by atoms with E-state index in [0.717, 1.165) is 17.7 Å². The van der Waals surface area contributed by atoms with E-state index in [1.54, 1.807) is 18.2 Å². The largest absolute Gasteiger partial charge is 0.456 e. The van der Waals surface area contributed by atoms with Crippen molar-refractivity contribution in [2.24, 2.45) is 0 Å². The van der Waals surface area contributed by atoms with Gasteiger partial charge in [-0.3, -0.25) is 9.59 Å². The molecule has 0 saturated heterocycles. The molecule has 154 valence electrons. The number of alkyl halides is 3. The zero-order chi connectivity index (χ0) is 21.0. The van der Waals surface area contributed by atoms with E-state index >= 15 is 0 Å². The van der Waals surface area contributed by atoms with E-state index < -0.39 is 30.2 Å². The molecule has 2 aromatic rings. The quantitative estimate of drug-likeness (QED) is 0.697. The van der Waals surface area contributed by atoms with Crippen molar-refractivity contribution in [1.29, 1.82) is 0 Å². The van der Waals surface area contributed by atoms with Crippen LogP contribution in [-0.2, 0) is 26.9 Å². The molecule has 3 rings (SSSR count). The number of hydrogen-bond acceptors (Lipinski definition) is 5. The number of hydrogen-bond donors (Lipinski definition) is 1. The summed E-state index contributed by atoms with van der Waals surface area (Å²) in [5, 5.41) is 2.13. The maximum Gasteiger partial charge on any atom is 0.416 e. The molecule has 1 heterocycles. The third kappa shape index (κ3) is 5.54. The molecule has 0 radical (unpaired) electrons. The van der Waals surface area contributed by atoms with Crippen LogP contribution >= 0.6 is 11.6 Å². The first kappa shape index (κ1) is 20.8. The lowest BCUT2D eigenvalue weighted by Crippen LogP contribution is -2.21. The van der Waals surface area contributed by atoms with Crippen LogP contribution in [0.2, 0.25) is 5.02 Å². The van der Waals surface area contributed by atoms with Crippen LogP contribution in [0, 0.1) is 0 Å². The number of carbonyl (C=O) groups excluding carboxylic acids is 2. The van der Waals surface area contributed by atoms with Gasteiger partial charge in [0.05, 0.1) is 16.3 Å². The molecule has 1 amide bonds. The number of aryl methyl sites for hydroxylation is 1. The summed E-state index contributed by atoms with van der Waals surface area (Å²) in [6.07, 6.45) is -4.21. The van der Waals surface area contributed by atoms with E-state index in [9.17, 15) is 22.8 Å². The minimum atomic E-state index is -4.58. The van der Waals surface area contributed by atoms with Crippen molar-refractivity contribution >= 4 is 29.2 Å². The van der Waals surface area contributed by atoms with Gasteiger partial charge in [0.1, 0.15) is 0 Å². The number of ether oxygens (including phenoxy) is 3. The second-order valence-electron chi connectivity index (χ2n) is 6.09. The monoisotopic (exact) mass is 429 g/mol. The SMILES string of the molecule is O=C(COC(=O)CCc1ccc2c(c1)OCO2)Nc1cc(C(F)(F)F)ccc1Cl. The van der Waals surface area contributed by atoms with Gasteiger partial charge in [-0.25, -0.2) is 0 Å². The number of rotatable bonds is 6. The normalized spacial score (nSPS) is 12.6. The standard InChI is InChI=1S/C19H15ClF3NO5/c20-13-4-3-12(19(21,22)23)8-14(13)24-17(25)9-27-18(26)6-2-11-1-5-15-16(7-11)29-10-28-15/h1,3-5,7-8H,2,6,9-10H2,(H,24,25). The number of benzene rings is 2. The molecule has 0 aromatic heterocycles. The van der Waals surface area contributed by atoms with Crippen LogP contribution in [-0.4, -0.2) is 25.3 Å².